The smallest absolute Gasteiger partial charge is 0.238 e. The quantitative estimate of drug-likeness (QED) is 0.627. The average Bonchev–Trinajstić information content (AvgIpc) is 2.80. The zero-order chi connectivity index (χ0) is 22.9. The molecule has 32 heavy (non-hydrogen) atoms. The molecule has 6 nitrogen and oxygen atoms in total. The van der Waals surface area contributed by atoms with Crippen LogP contribution in [-0.4, -0.2) is 72.3 Å². The number of hydrogen-bond donors (Lipinski definition) is 1. The number of piperazine rings is 1. The van der Waals surface area contributed by atoms with Crippen LogP contribution in [0.4, 0.5) is 5.69 Å². The summed E-state index contributed by atoms with van der Waals surface area (Å²) < 4.78 is 0. The van der Waals surface area contributed by atoms with Crippen LogP contribution in [0.1, 0.15) is 25.0 Å². The van der Waals surface area contributed by atoms with Gasteiger partial charge in [-0.3, -0.25) is 19.4 Å². The molecule has 1 saturated heterocycles. The summed E-state index contributed by atoms with van der Waals surface area (Å²) in [6.45, 7) is 8.95. The van der Waals surface area contributed by atoms with Crippen LogP contribution in [0.5, 0.6) is 0 Å². The number of aryl methyl sites for hydroxylation is 1. The van der Waals surface area contributed by atoms with E-state index in [9.17, 15) is 9.59 Å². The van der Waals surface area contributed by atoms with Gasteiger partial charge in [0.25, 0.3) is 0 Å². The number of likely N-dealkylation sites (N-methyl/N-ethyl adjacent to an activating group) is 1. The molecule has 0 bridgehead atoms. The van der Waals surface area contributed by atoms with E-state index in [0.29, 0.717) is 45.8 Å². The van der Waals surface area contributed by atoms with E-state index in [2.05, 4.69) is 29.0 Å². The maximum Gasteiger partial charge on any atom is 0.238 e. The standard InChI is InChI=1S/C25H33ClN4O2/c1-3-20-9-6-8-12-23(20)27-24(31)18-29-13-15-30(16-14-29)25(32)19-28(4-2)17-21-10-5-7-11-22(21)26/h5-12H,3-4,13-19H2,1-2H3,(H,27,31). The number of nitrogens with one attached hydrogen (secondary N) is 1. The monoisotopic (exact) mass is 456 g/mol. The number of halogens is 1. The van der Waals surface area contributed by atoms with Gasteiger partial charge in [-0.1, -0.05) is 61.8 Å². The zero-order valence-corrected chi connectivity index (χ0v) is 19.8. The van der Waals surface area contributed by atoms with Crippen LogP contribution in [0.25, 0.3) is 0 Å². The van der Waals surface area contributed by atoms with Crippen molar-refractivity contribution in [3.63, 3.8) is 0 Å². The topological polar surface area (TPSA) is 55.9 Å². The minimum absolute atomic E-state index is 0.0115. The second kappa shape index (κ2) is 12.0. The minimum Gasteiger partial charge on any atom is -0.339 e. The first kappa shape index (κ1) is 24.2. The molecule has 0 unspecified atom stereocenters. The van der Waals surface area contributed by atoms with E-state index in [1.807, 2.05) is 53.4 Å². The number of anilines is 1. The first-order chi connectivity index (χ1) is 15.5. The predicted octanol–water partition coefficient (Wildman–Crippen LogP) is 3.51. The fourth-order valence-corrected chi connectivity index (χ4v) is 4.13. The summed E-state index contributed by atoms with van der Waals surface area (Å²) in [5.41, 5.74) is 3.05. The molecule has 3 rings (SSSR count). The summed E-state index contributed by atoms with van der Waals surface area (Å²) >= 11 is 6.28. The molecule has 2 aromatic rings. The third-order valence-electron chi connectivity index (χ3n) is 5.92. The number of rotatable bonds is 9. The molecule has 0 saturated carbocycles. The number of carbonyl (C=O) groups is 2. The zero-order valence-electron chi connectivity index (χ0n) is 19.0. The van der Waals surface area contributed by atoms with Gasteiger partial charge in [-0.05, 0) is 36.2 Å². The van der Waals surface area contributed by atoms with Crippen molar-refractivity contribution in [2.75, 3.05) is 51.1 Å². The second-order valence-corrected chi connectivity index (χ2v) is 8.52. The number of carbonyl (C=O) groups excluding carboxylic acids is 2. The number of benzene rings is 2. The van der Waals surface area contributed by atoms with Gasteiger partial charge >= 0.3 is 0 Å². The Kier molecular flexibility index (Phi) is 9.09. The molecule has 1 heterocycles. The van der Waals surface area contributed by atoms with E-state index in [-0.39, 0.29) is 11.8 Å². The Labute approximate surface area is 196 Å². The third-order valence-corrected chi connectivity index (χ3v) is 6.29. The van der Waals surface area contributed by atoms with E-state index in [1.54, 1.807) is 0 Å². The summed E-state index contributed by atoms with van der Waals surface area (Å²) in [6.07, 6.45) is 0.877. The minimum atomic E-state index is -0.0115. The molecule has 172 valence electrons. The lowest BCUT2D eigenvalue weighted by atomic mass is 10.1. The Hall–Kier alpha value is -2.41. The highest BCUT2D eigenvalue weighted by atomic mass is 35.5. The van der Waals surface area contributed by atoms with Crippen molar-refractivity contribution >= 4 is 29.1 Å². The Morgan fingerprint density at radius 1 is 0.969 bits per heavy atom. The van der Waals surface area contributed by atoms with E-state index in [1.165, 1.54) is 0 Å². The van der Waals surface area contributed by atoms with Gasteiger partial charge < -0.3 is 10.2 Å². The van der Waals surface area contributed by atoms with Crippen LogP contribution in [0.15, 0.2) is 48.5 Å². The second-order valence-electron chi connectivity index (χ2n) is 8.11. The molecule has 1 aliphatic heterocycles. The molecular weight excluding hydrogens is 424 g/mol. The molecule has 7 heteroatoms. The van der Waals surface area contributed by atoms with E-state index in [0.717, 1.165) is 34.8 Å². The van der Waals surface area contributed by atoms with Crippen LogP contribution in [0, 0.1) is 0 Å². The number of para-hydroxylation sites is 1. The van der Waals surface area contributed by atoms with E-state index < -0.39 is 0 Å². The van der Waals surface area contributed by atoms with Crippen molar-refractivity contribution in [1.29, 1.82) is 0 Å². The summed E-state index contributed by atoms with van der Waals surface area (Å²) in [4.78, 5) is 31.4. The Balaban J connectivity index is 1.44. The summed E-state index contributed by atoms with van der Waals surface area (Å²) in [5, 5.41) is 3.75. The highest BCUT2D eigenvalue weighted by Crippen LogP contribution is 2.17. The van der Waals surface area contributed by atoms with Crippen LogP contribution >= 0.6 is 11.6 Å². The Bertz CT molecular complexity index is 912. The Morgan fingerprint density at radius 2 is 1.62 bits per heavy atom. The van der Waals surface area contributed by atoms with Gasteiger partial charge in [0.05, 0.1) is 13.1 Å². The van der Waals surface area contributed by atoms with Crippen LogP contribution in [0.2, 0.25) is 5.02 Å². The van der Waals surface area contributed by atoms with Gasteiger partial charge in [-0.15, -0.1) is 0 Å². The molecule has 1 fully saturated rings. The Morgan fingerprint density at radius 3 is 2.28 bits per heavy atom. The summed E-state index contributed by atoms with van der Waals surface area (Å²) in [7, 11) is 0. The molecule has 0 aromatic heterocycles. The van der Waals surface area contributed by atoms with E-state index >= 15 is 0 Å². The lowest BCUT2D eigenvalue weighted by molar-refractivity contribution is -0.134. The van der Waals surface area contributed by atoms with Gasteiger partial charge in [-0.2, -0.15) is 0 Å². The lowest BCUT2D eigenvalue weighted by Gasteiger charge is -2.35. The highest BCUT2D eigenvalue weighted by Gasteiger charge is 2.24. The molecule has 0 radical (unpaired) electrons. The molecular formula is C25H33ClN4O2. The van der Waals surface area contributed by atoms with E-state index in [4.69, 9.17) is 11.6 Å². The van der Waals surface area contributed by atoms with Crippen molar-refractivity contribution in [2.24, 2.45) is 0 Å². The fourth-order valence-electron chi connectivity index (χ4n) is 3.94. The molecule has 1 N–H and O–H groups in total. The molecule has 1 aliphatic rings. The van der Waals surface area contributed by atoms with Crippen LogP contribution in [0.3, 0.4) is 0 Å². The van der Waals surface area contributed by atoms with Gasteiger partial charge in [-0.25, -0.2) is 0 Å². The van der Waals surface area contributed by atoms with Crippen molar-refractivity contribution in [1.82, 2.24) is 14.7 Å². The van der Waals surface area contributed by atoms with Gasteiger partial charge in [0, 0.05) is 43.4 Å². The maximum atomic E-state index is 12.8. The van der Waals surface area contributed by atoms with Crippen molar-refractivity contribution in [3.8, 4) is 0 Å². The summed E-state index contributed by atoms with van der Waals surface area (Å²) in [5.74, 6) is 0.113. The predicted molar refractivity (Wildman–Crippen MR) is 130 cm³/mol. The molecule has 0 atom stereocenters. The van der Waals surface area contributed by atoms with Gasteiger partial charge in [0.1, 0.15) is 0 Å². The average molecular weight is 457 g/mol. The summed E-state index contributed by atoms with van der Waals surface area (Å²) in [6, 6.07) is 15.6. The largest absolute Gasteiger partial charge is 0.339 e. The molecule has 2 aromatic carbocycles. The number of nitrogens with zero attached hydrogens (tertiary/aromatic N) is 3. The van der Waals surface area contributed by atoms with Gasteiger partial charge in [0.15, 0.2) is 0 Å². The fraction of sp³-hybridized carbons (Fsp3) is 0.440. The maximum absolute atomic E-state index is 12.8. The number of amides is 2. The van der Waals surface area contributed by atoms with Crippen molar-refractivity contribution in [2.45, 2.75) is 26.8 Å². The molecule has 0 spiro atoms. The normalized spacial score (nSPS) is 14.6. The third kappa shape index (κ3) is 6.79. The van der Waals surface area contributed by atoms with Crippen molar-refractivity contribution < 1.29 is 9.59 Å². The SMILES string of the molecule is CCc1ccccc1NC(=O)CN1CCN(C(=O)CN(CC)Cc2ccccc2Cl)CC1. The lowest BCUT2D eigenvalue weighted by Crippen LogP contribution is -2.52. The van der Waals surface area contributed by atoms with Crippen LogP contribution in [-0.2, 0) is 22.6 Å². The molecule has 0 aliphatic carbocycles. The van der Waals surface area contributed by atoms with Crippen LogP contribution < -0.4 is 5.32 Å². The first-order valence-electron chi connectivity index (χ1n) is 11.3. The number of hydrogen-bond acceptors (Lipinski definition) is 4. The first-order valence-corrected chi connectivity index (χ1v) is 11.7. The molecule has 2 amide bonds. The van der Waals surface area contributed by atoms with Gasteiger partial charge in [0.2, 0.25) is 11.8 Å². The van der Waals surface area contributed by atoms with Crippen molar-refractivity contribution in [3.05, 3.63) is 64.7 Å². The highest BCUT2D eigenvalue weighted by molar-refractivity contribution is 6.31.